The predicted molar refractivity (Wildman–Crippen MR) is 76.7 cm³/mol. The number of carbonyl (C=O) groups is 2. The summed E-state index contributed by atoms with van der Waals surface area (Å²) in [4.78, 5) is 27.7. The van der Waals surface area contributed by atoms with Gasteiger partial charge in [0.25, 0.3) is 5.91 Å². The van der Waals surface area contributed by atoms with E-state index in [1.807, 2.05) is 6.92 Å². The van der Waals surface area contributed by atoms with E-state index < -0.39 is 5.97 Å². The molecule has 0 bridgehead atoms. The van der Waals surface area contributed by atoms with Crippen molar-refractivity contribution in [3.63, 3.8) is 0 Å². The highest BCUT2D eigenvalue weighted by atomic mass is 32.1. The third-order valence-electron chi connectivity index (χ3n) is 3.47. The molecule has 0 saturated heterocycles. The summed E-state index contributed by atoms with van der Waals surface area (Å²) in [5, 5.41) is 3.64. The van der Waals surface area contributed by atoms with Crippen molar-refractivity contribution in [3.8, 4) is 0 Å². The molecule has 0 spiro atoms. The second-order valence-corrected chi connectivity index (χ2v) is 6.36. The molecule has 1 aliphatic rings. The van der Waals surface area contributed by atoms with Gasteiger partial charge in [0.15, 0.2) is 6.61 Å². The Morgan fingerprint density at radius 2 is 2.15 bits per heavy atom. The van der Waals surface area contributed by atoms with Gasteiger partial charge in [-0.2, -0.15) is 0 Å². The lowest BCUT2D eigenvalue weighted by atomic mass is 9.89. The molecule has 0 aromatic carbocycles. The normalized spacial score (nSPS) is 15.8. The molecule has 5 nitrogen and oxygen atoms in total. The molecule has 1 aliphatic carbocycles. The molecule has 1 fully saturated rings. The van der Waals surface area contributed by atoms with Crippen LogP contribution in [0.2, 0.25) is 0 Å². The second kappa shape index (κ2) is 7.38. The standard InChI is InChI=1S/C14H20N2O3S/c1-10-15-8-12(20-10)14(18)19-9-13(17)16-7-11-5-3-2-4-6-11/h8,11H,2-7,9H2,1H3,(H,16,17). The number of carbonyl (C=O) groups excluding carboxylic acids is 2. The average molecular weight is 296 g/mol. The molecule has 1 aromatic rings. The lowest BCUT2D eigenvalue weighted by molar-refractivity contribution is -0.124. The third kappa shape index (κ3) is 4.59. The van der Waals surface area contributed by atoms with Gasteiger partial charge in [0.05, 0.1) is 11.2 Å². The fourth-order valence-electron chi connectivity index (χ4n) is 2.36. The van der Waals surface area contributed by atoms with Crippen molar-refractivity contribution in [3.05, 3.63) is 16.1 Å². The summed E-state index contributed by atoms with van der Waals surface area (Å²) in [5.74, 6) is -0.138. The summed E-state index contributed by atoms with van der Waals surface area (Å²) < 4.78 is 4.96. The van der Waals surface area contributed by atoms with E-state index in [-0.39, 0.29) is 12.5 Å². The quantitative estimate of drug-likeness (QED) is 0.847. The fraction of sp³-hybridized carbons (Fsp3) is 0.643. The van der Waals surface area contributed by atoms with Crippen molar-refractivity contribution in [2.24, 2.45) is 5.92 Å². The number of aromatic nitrogens is 1. The Balaban J connectivity index is 1.65. The molecule has 0 aliphatic heterocycles. The number of nitrogens with zero attached hydrogens (tertiary/aromatic N) is 1. The highest BCUT2D eigenvalue weighted by Crippen LogP contribution is 2.22. The van der Waals surface area contributed by atoms with Gasteiger partial charge >= 0.3 is 5.97 Å². The molecular formula is C14H20N2O3S. The van der Waals surface area contributed by atoms with Crippen LogP contribution in [-0.4, -0.2) is 30.0 Å². The number of hydrogen-bond acceptors (Lipinski definition) is 5. The zero-order chi connectivity index (χ0) is 14.4. The average Bonchev–Trinajstić information content (AvgIpc) is 2.90. The maximum Gasteiger partial charge on any atom is 0.350 e. The number of amides is 1. The van der Waals surface area contributed by atoms with Gasteiger partial charge in [0.1, 0.15) is 4.88 Å². The van der Waals surface area contributed by atoms with E-state index in [1.54, 1.807) is 0 Å². The maximum absolute atomic E-state index is 11.6. The Labute approximate surface area is 122 Å². The van der Waals surface area contributed by atoms with Crippen LogP contribution in [0.1, 0.15) is 46.8 Å². The minimum atomic E-state index is -0.483. The van der Waals surface area contributed by atoms with Gasteiger partial charge < -0.3 is 10.1 Å². The van der Waals surface area contributed by atoms with Crippen molar-refractivity contribution >= 4 is 23.2 Å². The minimum absolute atomic E-state index is 0.220. The molecule has 20 heavy (non-hydrogen) atoms. The molecule has 0 unspecified atom stereocenters. The molecule has 6 heteroatoms. The number of thiazole rings is 1. The van der Waals surface area contributed by atoms with Crippen LogP contribution < -0.4 is 5.32 Å². The third-order valence-corrected chi connectivity index (χ3v) is 4.36. The van der Waals surface area contributed by atoms with E-state index in [9.17, 15) is 9.59 Å². The van der Waals surface area contributed by atoms with Crippen molar-refractivity contribution in [1.29, 1.82) is 0 Å². The van der Waals surface area contributed by atoms with Crippen LogP contribution in [0.4, 0.5) is 0 Å². The Morgan fingerprint density at radius 1 is 1.40 bits per heavy atom. The summed E-state index contributed by atoms with van der Waals surface area (Å²) in [5.41, 5.74) is 0. The first-order chi connectivity index (χ1) is 9.65. The van der Waals surface area contributed by atoms with Crippen LogP contribution in [0.15, 0.2) is 6.20 Å². The van der Waals surface area contributed by atoms with E-state index in [0.717, 1.165) is 5.01 Å². The lowest BCUT2D eigenvalue weighted by Gasteiger charge is -2.21. The molecule has 1 aromatic heterocycles. The Bertz CT molecular complexity index is 467. The second-order valence-electron chi connectivity index (χ2n) is 5.13. The Morgan fingerprint density at radius 3 is 2.80 bits per heavy atom. The first-order valence-electron chi connectivity index (χ1n) is 7.01. The largest absolute Gasteiger partial charge is 0.451 e. The molecule has 110 valence electrons. The topological polar surface area (TPSA) is 68.3 Å². The number of aryl methyl sites for hydroxylation is 1. The molecule has 1 heterocycles. The number of rotatable bonds is 5. The summed E-state index contributed by atoms with van der Waals surface area (Å²) in [6.07, 6.45) is 7.64. The highest BCUT2D eigenvalue weighted by molar-refractivity contribution is 7.13. The smallest absolute Gasteiger partial charge is 0.350 e. The summed E-state index contributed by atoms with van der Waals surface area (Å²) in [6, 6.07) is 0. The van der Waals surface area contributed by atoms with E-state index in [2.05, 4.69) is 10.3 Å². The predicted octanol–water partition coefficient (Wildman–Crippen LogP) is 2.30. The zero-order valence-electron chi connectivity index (χ0n) is 11.7. The molecular weight excluding hydrogens is 276 g/mol. The first kappa shape index (κ1) is 15.0. The van der Waals surface area contributed by atoms with Crippen molar-refractivity contribution in [1.82, 2.24) is 10.3 Å². The van der Waals surface area contributed by atoms with Gasteiger partial charge in [-0.25, -0.2) is 9.78 Å². The van der Waals surface area contributed by atoms with Crippen molar-refractivity contribution < 1.29 is 14.3 Å². The van der Waals surface area contributed by atoms with Gasteiger partial charge in [0.2, 0.25) is 0 Å². The molecule has 1 saturated carbocycles. The fourth-order valence-corrected chi connectivity index (χ4v) is 3.03. The zero-order valence-corrected chi connectivity index (χ0v) is 12.5. The Hall–Kier alpha value is -1.43. The van der Waals surface area contributed by atoms with Crippen LogP contribution in [-0.2, 0) is 9.53 Å². The van der Waals surface area contributed by atoms with Gasteiger partial charge in [-0.05, 0) is 25.7 Å². The number of hydrogen-bond donors (Lipinski definition) is 1. The van der Waals surface area contributed by atoms with E-state index >= 15 is 0 Å². The SMILES string of the molecule is Cc1ncc(C(=O)OCC(=O)NCC2CCCCC2)s1. The van der Waals surface area contributed by atoms with Crippen LogP contribution in [0, 0.1) is 12.8 Å². The maximum atomic E-state index is 11.6. The monoisotopic (exact) mass is 296 g/mol. The van der Waals surface area contributed by atoms with Crippen LogP contribution in [0.5, 0.6) is 0 Å². The molecule has 1 amide bonds. The Kier molecular flexibility index (Phi) is 5.52. The first-order valence-corrected chi connectivity index (χ1v) is 7.83. The number of nitrogens with one attached hydrogen (secondary N) is 1. The number of esters is 1. The van der Waals surface area contributed by atoms with Crippen LogP contribution in [0.3, 0.4) is 0 Å². The number of ether oxygens (including phenoxy) is 1. The van der Waals surface area contributed by atoms with E-state index in [1.165, 1.54) is 49.6 Å². The van der Waals surface area contributed by atoms with Crippen LogP contribution >= 0.6 is 11.3 Å². The lowest BCUT2D eigenvalue weighted by Crippen LogP contribution is -2.33. The van der Waals surface area contributed by atoms with Crippen molar-refractivity contribution in [2.45, 2.75) is 39.0 Å². The van der Waals surface area contributed by atoms with Gasteiger partial charge in [-0.3, -0.25) is 4.79 Å². The molecule has 1 N–H and O–H groups in total. The van der Waals surface area contributed by atoms with Crippen molar-refractivity contribution in [2.75, 3.05) is 13.2 Å². The highest BCUT2D eigenvalue weighted by Gasteiger charge is 2.16. The van der Waals surface area contributed by atoms with E-state index in [0.29, 0.717) is 17.3 Å². The minimum Gasteiger partial charge on any atom is -0.451 e. The molecule has 2 rings (SSSR count). The molecule has 0 atom stereocenters. The van der Waals surface area contributed by atoms with E-state index in [4.69, 9.17) is 4.74 Å². The van der Waals surface area contributed by atoms with Gasteiger partial charge in [0, 0.05) is 6.54 Å². The van der Waals surface area contributed by atoms with Gasteiger partial charge in [-0.1, -0.05) is 19.3 Å². The van der Waals surface area contributed by atoms with Crippen LogP contribution in [0.25, 0.3) is 0 Å². The summed E-state index contributed by atoms with van der Waals surface area (Å²) >= 11 is 1.27. The van der Waals surface area contributed by atoms with Gasteiger partial charge in [-0.15, -0.1) is 11.3 Å². The summed E-state index contributed by atoms with van der Waals surface area (Å²) in [7, 11) is 0. The molecule has 0 radical (unpaired) electrons. The summed E-state index contributed by atoms with van der Waals surface area (Å²) in [6.45, 7) is 2.29.